The zero-order valence-corrected chi connectivity index (χ0v) is 16.1. The minimum absolute atomic E-state index is 0.185. The molecule has 0 saturated carbocycles. The number of carbonyl (C=O) groups is 1. The van der Waals surface area contributed by atoms with Gasteiger partial charge >= 0.3 is 5.97 Å². The van der Waals surface area contributed by atoms with E-state index in [-0.39, 0.29) is 17.8 Å². The molecule has 1 aromatic carbocycles. The lowest BCUT2D eigenvalue weighted by Crippen LogP contribution is -2.21. The number of fused-ring (bicyclic) bond motifs is 1. The highest BCUT2D eigenvalue weighted by molar-refractivity contribution is 9.10. The number of furan rings is 1. The number of esters is 1. The van der Waals surface area contributed by atoms with Crippen LogP contribution in [0, 0.1) is 0 Å². The van der Waals surface area contributed by atoms with Gasteiger partial charge in [0.1, 0.15) is 5.58 Å². The van der Waals surface area contributed by atoms with Crippen LogP contribution in [-0.2, 0) is 16.7 Å². The van der Waals surface area contributed by atoms with E-state index in [1.165, 1.54) is 0 Å². The van der Waals surface area contributed by atoms with Crippen molar-refractivity contribution < 1.29 is 13.9 Å². The first-order valence-electron chi connectivity index (χ1n) is 7.96. The second kappa shape index (κ2) is 6.59. The van der Waals surface area contributed by atoms with Crippen LogP contribution < -0.4 is 0 Å². The van der Waals surface area contributed by atoms with Gasteiger partial charge in [-0.05, 0) is 35.5 Å². The summed E-state index contributed by atoms with van der Waals surface area (Å²) in [6.07, 6.45) is 0. The van der Waals surface area contributed by atoms with Gasteiger partial charge in [0, 0.05) is 20.8 Å². The van der Waals surface area contributed by atoms with E-state index in [9.17, 15) is 4.79 Å². The number of ether oxygens (including phenoxy) is 1. The van der Waals surface area contributed by atoms with Crippen LogP contribution in [0.3, 0.4) is 0 Å². The minimum Gasteiger partial charge on any atom is -0.460 e. The van der Waals surface area contributed by atoms with Crippen LogP contribution in [0.25, 0.3) is 11.0 Å². The normalized spacial score (nSPS) is 11.9. The maximum Gasteiger partial charge on any atom is 0.374 e. The fourth-order valence-electron chi connectivity index (χ4n) is 2.64. The van der Waals surface area contributed by atoms with E-state index < -0.39 is 5.97 Å². The van der Waals surface area contributed by atoms with Crippen molar-refractivity contribution in [3.05, 3.63) is 39.8 Å². The Bertz CT molecular complexity index is 924. The number of hydrogen-bond acceptors (Lipinski definition) is 6. The number of nitrogens with zero attached hydrogens (tertiary/aromatic N) is 4. The first kappa shape index (κ1) is 17.6. The molecule has 0 radical (unpaired) electrons. The summed E-state index contributed by atoms with van der Waals surface area (Å²) in [4.78, 5) is 12.3. The molecule has 0 bridgehead atoms. The molecule has 0 fully saturated rings. The predicted molar refractivity (Wildman–Crippen MR) is 95.5 cm³/mol. The first-order valence-corrected chi connectivity index (χ1v) is 8.75. The van der Waals surface area contributed by atoms with Crippen LogP contribution in [0.1, 0.15) is 49.6 Å². The molecular weight excluding hydrogens is 388 g/mol. The van der Waals surface area contributed by atoms with E-state index in [1.807, 2.05) is 39.0 Å². The molecule has 0 saturated heterocycles. The highest BCUT2D eigenvalue weighted by Gasteiger charge is 2.26. The lowest BCUT2D eigenvalue weighted by molar-refractivity contribution is 0.0490. The predicted octanol–water partition coefficient (Wildman–Crippen LogP) is 3.70. The van der Waals surface area contributed by atoms with Crippen molar-refractivity contribution in [3.63, 3.8) is 0 Å². The van der Waals surface area contributed by atoms with Gasteiger partial charge in [-0.1, -0.05) is 36.7 Å². The Kier molecular flexibility index (Phi) is 4.64. The molecule has 0 aliphatic rings. The SMILES string of the molecule is CCOC(=O)c1oc2ccc(Br)cc2c1Cn1nnnc1C(C)(C)C. The van der Waals surface area contributed by atoms with Crippen LogP contribution in [0.15, 0.2) is 27.1 Å². The van der Waals surface area contributed by atoms with Crippen molar-refractivity contribution in [1.29, 1.82) is 0 Å². The molecule has 0 atom stereocenters. The maximum atomic E-state index is 12.3. The van der Waals surface area contributed by atoms with E-state index in [2.05, 4.69) is 31.5 Å². The molecule has 2 aromatic heterocycles. The molecule has 0 amide bonds. The van der Waals surface area contributed by atoms with E-state index in [1.54, 1.807) is 11.6 Å². The number of hydrogen-bond donors (Lipinski definition) is 0. The second-order valence-electron chi connectivity index (χ2n) is 6.68. The fourth-order valence-corrected chi connectivity index (χ4v) is 3.00. The third kappa shape index (κ3) is 3.44. The smallest absolute Gasteiger partial charge is 0.374 e. The van der Waals surface area contributed by atoms with Gasteiger partial charge < -0.3 is 9.15 Å². The molecule has 3 rings (SSSR count). The Morgan fingerprint density at radius 3 is 2.80 bits per heavy atom. The fraction of sp³-hybridized carbons (Fsp3) is 0.412. The van der Waals surface area contributed by atoms with Crippen molar-refractivity contribution >= 4 is 32.9 Å². The largest absolute Gasteiger partial charge is 0.460 e. The van der Waals surface area contributed by atoms with Crippen LogP contribution >= 0.6 is 15.9 Å². The lowest BCUT2D eigenvalue weighted by atomic mass is 9.95. The van der Waals surface area contributed by atoms with Crippen molar-refractivity contribution in [1.82, 2.24) is 20.2 Å². The molecule has 2 heterocycles. The summed E-state index contributed by atoms with van der Waals surface area (Å²) < 4.78 is 13.5. The van der Waals surface area contributed by atoms with Crippen molar-refractivity contribution in [2.24, 2.45) is 0 Å². The van der Waals surface area contributed by atoms with Gasteiger partial charge in [-0.25, -0.2) is 9.48 Å². The topological polar surface area (TPSA) is 83.0 Å². The standard InChI is InChI=1S/C17H19BrN4O3/c1-5-24-15(23)14-12(11-8-10(18)6-7-13(11)25-14)9-22-16(17(2,3)4)19-20-21-22/h6-8H,5,9H2,1-4H3. The summed E-state index contributed by atoms with van der Waals surface area (Å²) in [5.74, 6) is 0.423. The monoisotopic (exact) mass is 406 g/mol. The summed E-state index contributed by atoms with van der Waals surface area (Å²) in [7, 11) is 0. The third-order valence-electron chi connectivity index (χ3n) is 3.72. The van der Waals surface area contributed by atoms with Crippen molar-refractivity contribution in [2.75, 3.05) is 6.61 Å². The highest BCUT2D eigenvalue weighted by Crippen LogP contribution is 2.31. The first-order chi connectivity index (χ1) is 11.8. The Morgan fingerprint density at radius 2 is 2.12 bits per heavy atom. The van der Waals surface area contributed by atoms with Gasteiger partial charge in [0.05, 0.1) is 13.2 Å². The zero-order valence-electron chi connectivity index (χ0n) is 14.5. The molecule has 0 aliphatic carbocycles. The van der Waals surface area contributed by atoms with E-state index in [0.29, 0.717) is 17.7 Å². The van der Waals surface area contributed by atoms with Crippen LogP contribution in [-0.4, -0.2) is 32.8 Å². The lowest BCUT2D eigenvalue weighted by Gasteiger charge is -2.17. The Balaban J connectivity index is 2.14. The highest BCUT2D eigenvalue weighted by atomic mass is 79.9. The third-order valence-corrected chi connectivity index (χ3v) is 4.22. The van der Waals surface area contributed by atoms with Gasteiger partial charge in [-0.15, -0.1) is 5.10 Å². The van der Waals surface area contributed by atoms with E-state index in [4.69, 9.17) is 9.15 Å². The number of halogens is 1. The molecule has 7 nitrogen and oxygen atoms in total. The van der Waals surface area contributed by atoms with E-state index >= 15 is 0 Å². The van der Waals surface area contributed by atoms with Gasteiger partial charge in [-0.3, -0.25) is 0 Å². The van der Waals surface area contributed by atoms with E-state index in [0.717, 1.165) is 15.7 Å². The average Bonchev–Trinajstić information content (AvgIpc) is 3.13. The number of aromatic nitrogens is 4. The van der Waals surface area contributed by atoms with Crippen LogP contribution in [0.2, 0.25) is 0 Å². The number of tetrazole rings is 1. The molecule has 0 unspecified atom stereocenters. The summed E-state index contributed by atoms with van der Waals surface area (Å²) in [6, 6.07) is 5.59. The number of benzene rings is 1. The molecule has 0 N–H and O–H groups in total. The summed E-state index contributed by atoms with van der Waals surface area (Å²) in [5.41, 5.74) is 1.09. The molecule has 8 heteroatoms. The Morgan fingerprint density at radius 1 is 1.36 bits per heavy atom. The summed E-state index contributed by atoms with van der Waals surface area (Å²) >= 11 is 3.46. The van der Waals surface area contributed by atoms with Crippen molar-refractivity contribution in [2.45, 2.75) is 39.7 Å². The minimum atomic E-state index is -0.491. The summed E-state index contributed by atoms with van der Waals surface area (Å²) in [5, 5.41) is 12.8. The van der Waals surface area contributed by atoms with Gasteiger partial charge in [0.25, 0.3) is 0 Å². The van der Waals surface area contributed by atoms with Gasteiger partial charge in [-0.2, -0.15) is 0 Å². The average molecular weight is 407 g/mol. The number of carbonyl (C=O) groups excluding carboxylic acids is 1. The second-order valence-corrected chi connectivity index (χ2v) is 7.60. The number of rotatable bonds is 4. The zero-order chi connectivity index (χ0) is 18.2. The quantitative estimate of drug-likeness (QED) is 0.614. The maximum absolute atomic E-state index is 12.3. The molecule has 0 spiro atoms. The molecule has 0 aliphatic heterocycles. The molecule has 25 heavy (non-hydrogen) atoms. The van der Waals surface area contributed by atoms with Crippen LogP contribution in [0.5, 0.6) is 0 Å². The van der Waals surface area contributed by atoms with Gasteiger partial charge in [0.2, 0.25) is 5.76 Å². The summed E-state index contributed by atoms with van der Waals surface area (Å²) in [6.45, 7) is 8.45. The molecule has 3 aromatic rings. The van der Waals surface area contributed by atoms with Crippen molar-refractivity contribution in [3.8, 4) is 0 Å². The van der Waals surface area contributed by atoms with Gasteiger partial charge in [0.15, 0.2) is 5.82 Å². The Hall–Kier alpha value is -2.22. The van der Waals surface area contributed by atoms with Crippen LogP contribution in [0.4, 0.5) is 0 Å². The Labute approximate surface area is 153 Å². The molecular formula is C17H19BrN4O3. The molecule has 132 valence electrons.